The molecule has 0 radical (unpaired) electrons. The minimum Gasteiger partial charge on any atom is -0.481 e. The van der Waals surface area contributed by atoms with Gasteiger partial charge in [-0.25, -0.2) is 4.99 Å². The smallest absolute Gasteiger partial charge is 0.389 e. The van der Waals surface area contributed by atoms with Crippen LogP contribution < -0.4 is 15.8 Å². The van der Waals surface area contributed by atoms with Crippen LogP contribution in [0.15, 0.2) is 17.1 Å². The highest BCUT2D eigenvalue weighted by Gasteiger charge is 2.28. The van der Waals surface area contributed by atoms with E-state index >= 15 is 0 Å². The molecule has 1 heterocycles. The van der Waals surface area contributed by atoms with Crippen LogP contribution in [0.3, 0.4) is 0 Å². The number of nitrogens with two attached hydrogens (primary N) is 1. The van der Waals surface area contributed by atoms with E-state index in [1.165, 1.54) is 5.56 Å². The molecule has 1 aromatic rings. The van der Waals surface area contributed by atoms with Crippen molar-refractivity contribution in [1.82, 2.24) is 5.32 Å². The zero-order chi connectivity index (χ0) is 17.3. The molecule has 26 heavy (non-hydrogen) atoms. The van der Waals surface area contributed by atoms with E-state index in [2.05, 4.69) is 10.3 Å². The molecule has 0 saturated carbocycles. The third kappa shape index (κ3) is 5.41. The average Bonchev–Trinajstić information content (AvgIpc) is 2.50. The summed E-state index contributed by atoms with van der Waals surface area (Å²) in [5.41, 5.74) is 8.82. The van der Waals surface area contributed by atoms with Gasteiger partial charge < -0.3 is 15.8 Å². The lowest BCUT2D eigenvalue weighted by atomic mass is 9.86. The molecule has 1 aliphatic heterocycles. The van der Waals surface area contributed by atoms with Crippen LogP contribution in [-0.2, 0) is 6.42 Å². The van der Waals surface area contributed by atoms with Gasteiger partial charge in [0, 0.05) is 12.5 Å². The van der Waals surface area contributed by atoms with Gasteiger partial charge in [0.1, 0.15) is 17.3 Å². The lowest BCUT2D eigenvalue weighted by Gasteiger charge is -2.29. The third-order valence-corrected chi connectivity index (χ3v) is 4.53. The van der Waals surface area contributed by atoms with Crippen molar-refractivity contribution in [3.05, 3.63) is 23.3 Å². The molecule has 1 aromatic carbocycles. The Morgan fingerprint density at radius 2 is 2.04 bits per heavy atom. The van der Waals surface area contributed by atoms with Crippen molar-refractivity contribution in [2.24, 2.45) is 10.7 Å². The Morgan fingerprint density at radius 3 is 2.73 bits per heavy atom. The van der Waals surface area contributed by atoms with E-state index in [0.717, 1.165) is 30.6 Å². The molecule has 0 aromatic heterocycles. The zero-order valence-electron chi connectivity index (χ0n) is 14.4. The number of fused-ring (bicyclic) bond motifs is 2. The predicted octanol–water partition coefficient (Wildman–Crippen LogP) is 4.61. The van der Waals surface area contributed by atoms with Gasteiger partial charge in [0.05, 0.1) is 0 Å². The molecule has 148 valence electrons. The van der Waals surface area contributed by atoms with Crippen LogP contribution in [-0.4, -0.2) is 24.7 Å². The molecule has 2 aliphatic rings. The topological polar surface area (TPSA) is 59.6 Å². The third-order valence-electron chi connectivity index (χ3n) is 4.53. The number of nitrogens with one attached hydrogen (secondary N) is 1. The summed E-state index contributed by atoms with van der Waals surface area (Å²) in [4.78, 5) is 4.39. The summed E-state index contributed by atoms with van der Waals surface area (Å²) in [5.74, 6) is 1.17. The maximum absolute atomic E-state index is 12.2. The number of nitrogens with zero attached hydrogens (tertiary/aromatic N) is 1. The highest BCUT2D eigenvalue weighted by molar-refractivity contribution is 5.90. The Bertz CT molecular complexity index is 653. The second kappa shape index (κ2) is 9.15. The highest BCUT2D eigenvalue weighted by atomic mass is 35.5. The largest absolute Gasteiger partial charge is 0.481 e. The first-order valence-corrected chi connectivity index (χ1v) is 8.31. The van der Waals surface area contributed by atoms with Crippen molar-refractivity contribution in [2.45, 2.75) is 57.3 Å². The molecule has 2 atom stereocenters. The summed E-state index contributed by atoms with van der Waals surface area (Å²) >= 11 is 0. The molecule has 9 heteroatoms. The molecule has 0 bridgehead atoms. The summed E-state index contributed by atoms with van der Waals surface area (Å²) in [6, 6.07) is 4.02. The van der Waals surface area contributed by atoms with Crippen LogP contribution in [0.4, 0.5) is 18.9 Å². The maximum Gasteiger partial charge on any atom is 0.389 e. The predicted molar refractivity (Wildman–Crippen MR) is 101 cm³/mol. The monoisotopic (exact) mass is 413 g/mol. The van der Waals surface area contributed by atoms with E-state index in [1.54, 1.807) is 0 Å². The van der Waals surface area contributed by atoms with Crippen molar-refractivity contribution >= 4 is 36.3 Å². The van der Waals surface area contributed by atoms with Crippen LogP contribution in [0.25, 0.3) is 0 Å². The van der Waals surface area contributed by atoms with Gasteiger partial charge >= 0.3 is 6.18 Å². The summed E-state index contributed by atoms with van der Waals surface area (Å²) in [6.45, 7) is 2.20. The number of alkyl halides is 3. The first-order valence-electron chi connectivity index (χ1n) is 8.31. The van der Waals surface area contributed by atoms with Crippen molar-refractivity contribution in [1.29, 1.82) is 0 Å². The molecule has 0 saturated heterocycles. The number of hydrogen-bond acceptors (Lipinski definition) is 4. The quantitative estimate of drug-likeness (QED) is 0.708. The molecule has 0 amide bonds. The van der Waals surface area contributed by atoms with Gasteiger partial charge in [-0.1, -0.05) is 0 Å². The summed E-state index contributed by atoms with van der Waals surface area (Å²) in [5, 5.41) is 3.26. The SMILES string of the molecule is C[C@@H]1Oc2cc3c(cc2N=C1N)[C@H](NCCCC(F)(F)F)CCC3.Cl.Cl. The minimum absolute atomic E-state index is 0. The van der Waals surface area contributed by atoms with Gasteiger partial charge in [0.25, 0.3) is 0 Å². The summed E-state index contributed by atoms with van der Waals surface area (Å²) in [6.07, 6.45) is -2.14. The number of aryl methyl sites for hydroxylation is 1. The van der Waals surface area contributed by atoms with Gasteiger partial charge in [-0.2, -0.15) is 13.2 Å². The molecule has 1 aliphatic carbocycles. The van der Waals surface area contributed by atoms with Gasteiger partial charge in [-0.15, -0.1) is 24.8 Å². The highest BCUT2D eigenvalue weighted by Crippen LogP contribution is 2.40. The first-order chi connectivity index (χ1) is 11.3. The van der Waals surface area contributed by atoms with Gasteiger partial charge in [0.15, 0.2) is 6.10 Å². The van der Waals surface area contributed by atoms with Crippen molar-refractivity contribution < 1.29 is 17.9 Å². The second-order valence-corrected chi connectivity index (χ2v) is 6.43. The van der Waals surface area contributed by atoms with Crippen molar-refractivity contribution in [3.8, 4) is 5.75 Å². The number of benzene rings is 1. The molecular formula is C17H24Cl2F3N3O. The number of halogens is 5. The minimum atomic E-state index is -4.09. The number of hydrogen-bond donors (Lipinski definition) is 2. The maximum atomic E-state index is 12.2. The van der Waals surface area contributed by atoms with Crippen LogP contribution in [0.5, 0.6) is 5.75 Å². The molecule has 0 spiro atoms. The van der Waals surface area contributed by atoms with Gasteiger partial charge in [-0.3, -0.25) is 0 Å². The summed E-state index contributed by atoms with van der Waals surface area (Å²) < 4.78 is 42.5. The van der Waals surface area contributed by atoms with E-state index in [4.69, 9.17) is 10.5 Å². The van der Waals surface area contributed by atoms with E-state index in [-0.39, 0.29) is 43.4 Å². The lowest BCUT2D eigenvalue weighted by Crippen LogP contribution is -2.33. The zero-order valence-corrected chi connectivity index (χ0v) is 16.1. The molecule has 4 nitrogen and oxygen atoms in total. The molecule has 3 N–H and O–H groups in total. The Morgan fingerprint density at radius 1 is 1.31 bits per heavy atom. The number of rotatable bonds is 4. The van der Waals surface area contributed by atoms with Crippen LogP contribution in [0, 0.1) is 0 Å². The molecular weight excluding hydrogens is 390 g/mol. The van der Waals surface area contributed by atoms with E-state index in [1.807, 2.05) is 19.1 Å². The van der Waals surface area contributed by atoms with Crippen LogP contribution >= 0.6 is 24.8 Å². The Kier molecular flexibility index (Phi) is 8.04. The standard InChI is InChI=1S/C17H22F3N3O.2ClH/c1-10-16(21)23-14-9-12-11(8-15(14)24-10)4-2-5-13(12)22-7-3-6-17(18,19)20;;/h8-10,13,22H,2-7H2,1H3,(H2,21,23);2*1H/t10-,13+;;/m0../s1. The van der Waals surface area contributed by atoms with E-state index in [0.29, 0.717) is 18.1 Å². The number of amidine groups is 1. The Labute approximate surface area is 163 Å². The van der Waals surface area contributed by atoms with E-state index in [9.17, 15) is 13.2 Å². The van der Waals surface area contributed by atoms with Crippen LogP contribution in [0.1, 0.15) is 49.8 Å². The first kappa shape index (κ1) is 22.9. The fraction of sp³-hybridized carbons (Fsp3) is 0.588. The second-order valence-electron chi connectivity index (χ2n) is 6.43. The van der Waals surface area contributed by atoms with Crippen LogP contribution in [0.2, 0.25) is 0 Å². The fourth-order valence-corrected chi connectivity index (χ4v) is 3.26. The number of aliphatic imine (C=N–C) groups is 1. The Balaban J connectivity index is 0.00000169. The number of ether oxygens (including phenoxy) is 1. The fourth-order valence-electron chi connectivity index (χ4n) is 3.26. The van der Waals surface area contributed by atoms with Gasteiger partial charge in [-0.05, 0) is 62.4 Å². The molecule has 0 fully saturated rings. The Hall–Kier alpha value is -1.18. The normalized spacial score (nSPS) is 21.3. The molecule has 3 rings (SSSR count). The summed E-state index contributed by atoms with van der Waals surface area (Å²) in [7, 11) is 0. The van der Waals surface area contributed by atoms with Crippen molar-refractivity contribution in [2.75, 3.05) is 6.54 Å². The van der Waals surface area contributed by atoms with Crippen molar-refractivity contribution in [3.63, 3.8) is 0 Å². The van der Waals surface area contributed by atoms with Gasteiger partial charge in [0.2, 0.25) is 0 Å². The average molecular weight is 414 g/mol. The lowest BCUT2D eigenvalue weighted by molar-refractivity contribution is -0.135. The van der Waals surface area contributed by atoms with E-state index < -0.39 is 12.6 Å². The molecule has 0 unspecified atom stereocenters.